The maximum absolute atomic E-state index is 11.2. The fraction of sp³-hybridized carbons (Fsp3) is 0.625. The predicted molar refractivity (Wildman–Crippen MR) is 89.4 cm³/mol. The number of likely N-dealkylation sites (N-methyl/N-ethyl adjacent to an activating group) is 2. The fourth-order valence-electron chi connectivity index (χ4n) is 2.29. The van der Waals surface area contributed by atoms with Gasteiger partial charge in [0.25, 0.3) is 0 Å². The van der Waals surface area contributed by atoms with Gasteiger partial charge in [0.05, 0.1) is 5.75 Å². The Hall–Kier alpha value is -0.910. The summed E-state index contributed by atoms with van der Waals surface area (Å²) in [5, 5.41) is 3.31. The minimum Gasteiger partial charge on any atom is -0.312 e. The molecule has 0 aromatic heterocycles. The number of nitrogens with one attached hydrogen (secondary N) is 1. The van der Waals surface area contributed by atoms with Crippen LogP contribution in [0.15, 0.2) is 24.3 Å². The van der Waals surface area contributed by atoms with Crippen LogP contribution in [0.2, 0.25) is 0 Å². The molecule has 1 N–H and O–H groups in total. The Bertz CT molecular complexity index is 512. The summed E-state index contributed by atoms with van der Waals surface area (Å²) in [4.78, 5) is 2.06. The average molecular weight is 312 g/mol. The first-order valence-corrected chi connectivity index (χ1v) is 9.54. The molecule has 0 bridgehead atoms. The van der Waals surface area contributed by atoms with Crippen LogP contribution >= 0.6 is 0 Å². The molecule has 0 heterocycles. The van der Waals surface area contributed by atoms with E-state index < -0.39 is 9.84 Å². The molecular formula is C16H28N2O2S. The molecule has 120 valence electrons. The van der Waals surface area contributed by atoms with Crippen LogP contribution in [-0.4, -0.2) is 52.5 Å². The maximum Gasteiger partial charge on any atom is 0.148 e. The van der Waals surface area contributed by atoms with E-state index in [-0.39, 0.29) is 11.8 Å². The van der Waals surface area contributed by atoms with Crippen molar-refractivity contribution in [3.63, 3.8) is 0 Å². The minimum atomic E-state index is -2.90. The summed E-state index contributed by atoms with van der Waals surface area (Å²) in [7, 11) is 0.998. The van der Waals surface area contributed by atoms with E-state index in [0.717, 1.165) is 19.4 Å². The van der Waals surface area contributed by atoms with Crippen LogP contribution < -0.4 is 5.32 Å². The molecular weight excluding hydrogens is 284 g/mol. The molecule has 0 amide bonds. The van der Waals surface area contributed by atoms with E-state index in [2.05, 4.69) is 41.4 Å². The topological polar surface area (TPSA) is 49.4 Å². The molecule has 0 saturated carbocycles. The minimum absolute atomic E-state index is 0.204. The van der Waals surface area contributed by atoms with Crippen molar-refractivity contribution < 1.29 is 8.42 Å². The molecule has 0 radical (unpaired) electrons. The van der Waals surface area contributed by atoms with E-state index in [0.29, 0.717) is 6.54 Å². The second kappa shape index (κ2) is 8.51. The SMILES string of the molecule is CCCc1ccc(C(CN(C)CCS(C)(=O)=O)NC)cc1. The van der Waals surface area contributed by atoms with Gasteiger partial charge in [-0.15, -0.1) is 0 Å². The van der Waals surface area contributed by atoms with Crippen molar-refractivity contribution in [1.82, 2.24) is 10.2 Å². The van der Waals surface area contributed by atoms with Gasteiger partial charge >= 0.3 is 0 Å². The van der Waals surface area contributed by atoms with Crippen molar-refractivity contribution in [1.29, 1.82) is 0 Å². The van der Waals surface area contributed by atoms with Crippen molar-refractivity contribution in [3.05, 3.63) is 35.4 Å². The summed E-state index contributed by atoms with van der Waals surface area (Å²) >= 11 is 0. The highest BCUT2D eigenvalue weighted by Crippen LogP contribution is 2.15. The third-order valence-electron chi connectivity index (χ3n) is 3.61. The second-order valence-corrected chi connectivity index (χ2v) is 7.98. The highest BCUT2D eigenvalue weighted by molar-refractivity contribution is 7.90. The number of hydrogen-bond donors (Lipinski definition) is 1. The van der Waals surface area contributed by atoms with E-state index >= 15 is 0 Å². The number of aryl methyl sites for hydroxylation is 1. The standard InChI is InChI=1S/C16H28N2O2S/c1-5-6-14-7-9-15(10-8-14)16(17-2)13-18(3)11-12-21(4,19)20/h7-10,16-17H,5-6,11-13H2,1-4H3. The molecule has 5 heteroatoms. The third-order valence-corrected chi connectivity index (χ3v) is 4.53. The molecule has 1 aromatic rings. The van der Waals surface area contributed by atoms with Crippen LogP contribution in [-0.2, 0) is 16.3 Å². The Kier molecular flexibility index (Phi) is 7.35. The third kappa shape index (κ3) is 7.07. The zero-order valence-electron chi connectivity index (χ0n) is 13.6. The molecule has 0 fully saturated rings. The average Bonchev–Trinajstić information content (AvgIpc) is 2.43. The van der Waals surface area contributed by atoms with E-state index in [9.17, 15) is 8.42 Å². The fourth-order valence-corrected chi connectivity index (χ4v) is 2.94. The molecule has 1 aromatic carbocycles. The Morgan fingerprint density at radius 3 is 2.33 bits per heavy atom. The van der Waals surface area contributed by atoms with Crippen LogP contribution in [0, 0.1) is 0 Å². The molecule has 0 spiro atoms. The summed E-state index contributed by atoms with van der Waals surface area (Å²) in [6.45, 7) is 3.53. The van der Waals surface area contributed by atoms with E-state index in [1.54, 1.807) is 0 Å². The van der Waals surface area contributed by atoms with Crippen LogP contribution in [0.4, 0.5) is 0 Å². The van der Waals surface area contributed by atoms with Gasteiger partial charge in [-0.3, -0.25) is 0 Å². The molecule has 4 nitrogen and oxygen atoms in total. The molecule has 1 unspecified atom stereocenters. The number of hydrogen-bond acceptors (Lipinski definition) is 4. The smallest absolute Gasteiger partial charge is 0.148 e. The van der Waals surface area contributed by atoms with E-state index in [1.165, 1.54) is 17.4 Å². The van der Waals surface area contributed by atoms with Gasteiger partial charge in [-0.2, -0.15) is 0 Å². The lowest BCUT2D eigenvalue weighted by molar-refractivity contribution is 0.311. The Morgan fingerprint density at radius 2 is 1.86 bits per heavy atom. The van der Waals surface area contributed by atoms with Crippen molar-refractivity contribution in [3.8, 4) is 0 Å². The van der Waals surface area contributed by atoms with Gasteiger partial charge in [0, 0.05) is 25.4 Å². The number of rotatable bonds is 9. The number of benzene rings is 1. The molecule has 1 rings (SSSR count). The van der Waals surface area contributed by atoms with Crippen LogP contribution in [0.1, 0.15) is 30.5 Å². The van der Waals surface area contributed by atoms with Gasteiger partial charge in [0.1, 0.15) is 9.84 Å². The van der Waals surface area contributed by atoms with Crippen LogP contribution in [0.25, 0.3) is 0 Å². The molecule has 0 saturated heterocycles. The lowest BCUT2D eigenvalue weighted by Crippen LogP contribution is -2.34. The monoisotopic (exact) mass is 312 g/mol. The van der Waals surface area contributed by atoms with Gasteiger partial charge in [-0.05, 0) is 31.6 Å². The molecule has 0 aliphatic carbocycles. The second-order valence-electron chi connectivity index (χ2n) is 5.72. The lowest BCUT2D eigenvalue weighted by Gasteiger charge is -2.24. The Morgan fingerprint density at radius 1 is 1.24 bits per heavy atom. The summed E-state index contributed by atoms with van der Waals surface area (Å²) in [5.74, 6) is 0.204. The van der Waals surface area contributed by atoms with Gasteiger partial charge < -0.3 is 10.2 Å². The van der Waals surface area contributed by atoms with E-state index in [1.807, 2.05) is 14.1 Å². The first kappa shape index (κ1) is 18.1. The number of nitrogens with zero attached hydrogens (tertiary/aromatic N) is 1. The van der Waals surface area contributed by atoms with Crippen molar-refractivity contribution >= 4 is 9.84 Å². The molecule has 0 aliphatic heterocycles. The number of sulfone groups is 1. The summed E-state index contributed by atoms with van der Waals surface area (Å²) in [6, 6.07) is 8.90. The maximum atomic E-state index is 11.2. The van der Waals surface area contributed by atoms with Crippen molar-refractivity contribution in [2.75, 3.05) is 39.2 Å². The normalized spacial score (nSPS) is 13.6. The van der Waals surface area contributed by atoms with Crippen molar-refractivity contribution in [2.45, 2.75) is 25.8 Å². The first-order chi connectivity index (χ1) is 9.85. The van der Waals surface area contributed by atoms with Crippen molar-refractivity contribution in [2.24, 2.45) is 0 Å². The molecule has 21 heavy (non-hydrogen) atoms. The van der Waals surface area contributed by atoms with Gasteiger partial charge in [-0.25, -0.2) is 8.42 Å². The predicted octanol–water partition coefficient (Wildman–Crippen LogP) is 1.88. The van der Waals surface area contributed by atoms with Gasteiger partial charge in [0.15, 0.2) is 0 Å². The summed E-state index contributed by atoms with van der Waals surface area (Å²) in [6.07, 6.45) is 3.55. The Labute approximate surface area is 129 Å². The largest absolute Gasteiger partial charge is 0.312 e. The van der Waals surface area contributed by atoms with Gasteiger partial charge in [0.2, 0.25) is 0 Å². The molecule has 0 aliphatic rings. The zero-order valence-corrected chi connectivity index (χ0v) is 14.4. The van der Waals surface area contributed by atoms with E-state index in [4.69, 9.17) is 0 Å². The van der Waals surface area contributed by atoms with Crippen LogP contribution in [0.5, 0.6) is 0 Å². The first-order valence-electron chi connectivity index (χ1n) is 7.48. The Balaban J connectivity index is 2.61. The van der Waals surface area contributed by atoms with Crippen LogP contribution in [0.3, 0.4) is 0 Å². The lowest BCUT2D eigenvalue weighted by atomic mass is 10.0. The summed E-state index contributed by atoms with van der Waals surface area (Å²) < 4.78 is 22.4. The highest BCUT2D eigenvalue weighted by atomic mass is 32.2. The molecule has 1 atom stereocenters. The summed E-state index contributed by atoms with van der Waals surface area (Å²) in [5.41, 5.74) is 2.60. The zero-order chi connectivity index (χ0) is 15.9. The quantitative estimate of drug-likeness (QED) is 0.756. The highest BCUT2D eigenvalue weighted by Gasteiger charge is 2.13. The van der Waals surface area contributed by atoms with Gasteiger partial charge in [-0.1, -0.05) is 37.6 Å².